The summed E-state index contributed by atoms with van der Waals surface area (Å²) in [5, 5.41) is 8.37. The van der Waals surface area contributed by atoms with E-state index in [0.717, 1.165) is 15.6 Å². The summed E-state index contributed by atoms with van der Waals surface area (Å²) in [4.78, 5) is 39.1. The van der Waals surface area contributed by atoms with E-state index in [-0.39, 0.29) is 18.9 Å². The molecular formula is C26H32BrN3O5. The average molecular weight is 546 g/mol. The molecule has 9 heteroatoms. The van der Waals surface area contributed by atoms with E-state index in [1.165, 1.54) is 0 Å². The van der Waals surface area contributed by atoms with Crippen LogP contribution in [0.25, 0.3) is 0 Å². The minimum Gasteiger partial charge on any atom is -0.444 e. The van der Waals surface area contributed by atoms with Crippen LogP contribution in [0.4, 0.5) is 4.79 Å². The lowest BCUT2D eigenvalue weighted by atomic mass is 9.85. The minimum atomic E-state index is -1.45. The number of hydrogen-bond acceptors (Lipinski definition) is 5. The summed E-state index contributed by atoms with van der Waals surface area (Å²) < 4.78 is 12.3. The summed E-state index contributed by atoms with van der Waals surface area (Å²) in [7, 11) is 0. The van der Waals surface area contributed by atoms with Gasteiger partial charge in [-0.25, -0.2) is 4.79 Å². The lowest BCUT2D eigenvalue weighted by Gasteiger charge is -2.35. The zero-order chi connectivity index (χ0) is 25.6. The van der Waals surface area contributed by atoms with Crippen molar-refractivity contribution < 1.29 is 23.9 Å². The Morgan fingerprint density at radius 1 is 1.11 bits per heavy atom. The first kappa shape index (κ1) is 26.7. The standard InChI is InChI=1S/C26H32BrN3O5/c1-17(22(31)28-16-18-8-6-5-7-9-18)29-23(32)26(30-24(33)35-25(2,3)4)14-15-34-21(26)19-10-12-20(27)13-11-19/h5-13,17,21H,14-16H2,1-4H3,(H,28,31)(H,29,32)(H,30,33)/t17-,21+,26-/m0/s1. The van der Waals surface area contributed by atoms with Crippen LogP contribution in [-0.2, 0) is 25.6 Å². The maximum absolute atomic E-state index is 13.7. The summed E-state index contributed by atoms with van der Waals surface area (Å²) in [6.07, 6.45) is -1.28. The molecule has 8 nitrogen and oxygen atoms in total. The molecule has 0 bridgehead atoms. The third-order valence-corrected chi connectivity index (χ3v) is 6.11. The molecule has 3 N–H and O–H groups in total. The summed E-state index contributed by atoms with van der Waals surface area (Å²) in [6, 6.07) is 16.0. The molecule has 0 saturated carbocycles. The molecule has 0 unspecified atom stereocenters. The highest BCUT2D eigenvalue weighted by Crippen LogP contribution is 2.39. The molecule has 188 valence electrons. The van der Waals surface area contributed by atoms with Gasteiger partial charge < -0.3 is 25.4 Å². The Bertz CT molecular complexity index is 1040. The number of carbonyl (C=O) groups is 3. The molecule has 0 aliphatic carbocycles. The number of halogens is 1. The van der Waals surface area contributed by atoms with Crippen molar-refractivity contribution in [3.63, 3.8) is 0 Å². The van der Waals surface area contributed by atoms with Gasteiger partial charge in [0.25, 0.3) is 0 Å². The summed E-state index contributed by atoms with van der Waals surface area (Å²) in [5.41, 5.74) is -0.539. The zero-order valence-corrected chi connectivity index (χ0v) is 22.0. The third-order valence-electron chi connectivity index (χ3n) is 5.58. The smallest absolute Gasteiger partial charge is 0.408 e. The number of rotatable bonds is 7. The molecule has 1 aliphatic rings. The normalized spacial score (nSPS) is 20.5. The van der Waals surface area contributed by atoms with Crippen molar-refractivity contribution in [2.45, 2.75) is 63.9 Å². The molecule has 35 heavy (non-hydrogen) atoms. The van der Waals surface area contributed by atoms with Crippen molar-refractivity contribution in [2.24, 2.45) is 0 Å². The Labute approximate surface area is 214 Å². The molecule has 2 aromatic carbocycles. The van der Waals surface area contributed by atoms with Gasteiger partial charge in [0.05, 0.1) is 6.61 Å². The molecule has 0 spiro atoms. The molecule has 3 amide bonds. The largest absolute Gasteiger partial charge is 0.444 e. The van der Waals surface area contributed by atoms with Gasteiger partial charge in [0.15, 0.2) is 5.54 Å². The van der Waals surface area contributed by atoms with Crippen LogP contribution in [0.3, 0.4) is 0 Å². The lowest BCUT2D eigenvalue weighted by molar-refractivity contribution is -0.134. The van der Waals surface area contributed by atoms with Gasteiger partial charge >= 0.3 is 6.09 Å². The highest BCUT2D eigenvalue weighted by molar-refractivity contribution is 9.10. The molecule has 1 aliphatic heterocycles. The van der Waals surface area contributed by atoms with Crippen LogP contribution < -0.4 is 16.0 Å². The van der Waals surface area contributed by atoms with E-state index in [2.05, 4.69) is 31.9 Å². The van der Waals surface area contributed by atoms with E-state index >= 15 is 0 Å². The van der Waals surface area contributed by atoms with Gasteiger partial charge in [-0.05, 0) is 51.0 Å². The van der Waals surface area contributed by atoms with E-state index in [1.807, 2.05) is 54.6 Å². The number of alkyl carbamates (subject to hydrolysis) is 1. The first-order valence-electron chi connectivity index (χ1n) is 11.5. The molecule has 1 saturated heterocycles. The molecule has 0 aromatic heterocycles. The molecule has 3 atom stereocenters. The van der Waals surface area contributed by atoms with Gasteiger partial charge in [-0.1, -0.05) is 58.4 Å². The van der Waals surface area contributed by atoms with Gasteiger partial charge in [-0.3, -0.25) is 9.59 Å². The van der Waals surface area contributed by atoms with E-state index in [4.69, 9.17) is 9.47 Å². The third kappa shape index (κ3) is 7.05. The van der Waals surface area contributed by atoms with E-state index in [9.17, 15) is 14.4 Å². The minimum absolute atomic E-state index is 0.219. The fourth-order valence-corrected chi connectivity index (χ4v) is 4.13. The van der Waals surface area contributed by atoms with Crippen LogP contribution in [0, 0.1) is 0 Å². The predicted molar refractivity (Wildman–Crippen MR) is 135 cm³/mol. The molecule has 0 radical (unpaired) electrons. The zero-order valence-electron chi connectivity index (χ0n) is 20.4. The van der Waals surface area contributed by atoms with Crippen molar-refractivity contribution in [2.75, 3.05) is 6.61 Å². The van der Waals surface area contributed by atoms with Gasteiger partial charge in [0.1, 0.15) is 17.7 Å². The Morgan fingerprint density at radius 3 is 2.40 bits per heavy atom. The van der Waals surface area contributed by atoms with Crippen LogP contribution in [0.2, 0.25) is 0 Å². The first-order valence-corrected chi connectivity index (χ1v) is 12.3. The highest BCUT2D eigenvalue weighted by atomic mass is 79.9. The summed E-state index contributed by atoms with van der Waals surface area (Å²) in [6.45, 7) is 7.43. The van der Waals surface area contributed by atoms with Gasteiger partial charge in [-0.2, -0.15) is 0 Å². The number of carbonyl (C=O) groups excluding carboxylic acids is 3. The van der Waals surface area contributed by atoms with Crippen LogP contribution in [0.1, 0.15) is 51.3 Å². The lowest BCUT2D eigenvalue weighted by Crippen LogP contribution is -2.63. The van der Waals surface area contributed by atoms with Crippen LogP contribution in [0.15, 0.2) is 59.1 Å². The van der Waals surface area contributed by atoms with E-state index in [0.29, 0.717) is 6.54 Å². The van der Waals surface area contributed by atoms with Crippen LogP contribution in [0.5, 0.6) is 0 Å². The quantitative estimate of drug-likeness (QED) is 0.487. The maximum Gasteiger partial charge on any atom is 0.408 e. The number of nitrogens with one attached hydrogen (secondary N) is 3. The molecule has 1 heterocycles. The second kappa shape index (κ2) is 11.2. The van der Waals surface area contributed by atoms with Crippen molar-refractivity contribution in [3.8, 4) is 0 Å². The number of amides is 3. The second-order valence-electron chi connectivity index (χ2n) is 9.55. The molecule has 2 aromatic rings. The van der Waals surface area contributed by atoms with Crippen molar-refractivity contribution in [1.29, 1.82) is 0 Å². The van der Waals surface area contributed by atoms with Crippen LogP contribution >= 0.6 is 15.9 Å². The van der Waals surface area contributed by atoms with Gasteiger partial charge in [0.2, 0.25) is 11.8 Å². The van der Waals surface area contributed by atoms with Crippen molar-refractivity contribution in [1.82, 2.24) is 16.0 Å². The number of benzene rings is 2. The molecular weight excluding hydrogens is 514 g/mol. The Kier molecular flexibility index (Phi) is 8.56. The fourth-order valence-electron chi connectivity index (χ4n) is 3.86. The Morgan fingerprint density at radius 2 is 1.77 bits per heavy atom. The van der Waals surface area contributed by atoms with Crippen molar-refractivity contribution >= 4 is 33.8 Å². The van der Waals surface area contributed by atoms with E-state index < -0.39 is 35.3 Å². The summed E-state index contributed by atoms with van der Waals surface area (Å²) >= 11 is 3.41. The maximum atomic E-state index is 13.7. The van der Waals surface area contributed by atoms with Gasteiger partial charge in [0, 0.05) is 17.4 Å². The topological polar surface area (TPSA) is 106 Å². The molecule has 1 fully saturated rings. The second-order valence-corrected chi connectivity index (χ2v) is 10.5. The van der Waals surface area contributed by atoms with E-state index in [1.54, 1.807) is 27.7 Å². The first-order chi connectivity index (χ1) is 16.5. The summed E-state index contributed by atoms with van der Waals surface area (Å²) in [5.74, 6) is -0.857. The predicted octanol–water partition coefficient (Wildman–Crippen LogP) is 4.00. The number of hydrogen-bond donors (Lipinski definition) is 3. The number of ether oxygens (including phenoxy) is 2. The Balaban J connectivity index is 1.79. The average Bonchev–Trinajstić information content (AvgIpc) is 3.21. The van der Waals surface area contributed by atoms with Crippen LogP contribution in [-0.4, -0.2) is 41.7 Å². The van der Waals surface area contributed by atoms with Gasteiger partial charge in [-0.15, -0.1) is 0 Å². The molecule has 3 rings (SSSR count). The fraction of sp³-hybridized carbons (Fsp3) is 0.423. The SMILES string of the molecule is C[C@H](NC(=O)[C@]1(NC(=O)OC(C)(C)C)CCO[C@@H]1c1ccc(Br)cc1)C(=O)NCc1ccccc1. The monoisotopic (exact) mass is 545 g/mol. The Hall–Kier alpha value is -2.91. The highest BCUT2D eigenvalue weighted by Gasteiger charge is 2.53. The van der Waals surface area contributed by atoms with Crippen molar-refractivity contribution in [3.05, 3.63) is 70.2 Å².